The van der Waals surface area contributed by atoms with Crippen molar-refractivity contribution in [2.24, 2.45) is 0 Å². The second kappa shape index (κ2) is 4.63. The summed E-state index contributed by atoms with van der Waals surface area (Å²) < 4.78 is 0. The third-order valence-corrected chi connectivity index (χ3v) is 2.69. The summed E-state index contributed by atoms with van der Waals surface area (Å²) in [6.45, 7) is 8.91. The number of benzene rings is 2. The highest BCUT2D eigenvalue weighted by Gasteiger charge is 2.07. The van der Waals surface area contributed by atoms with Gasteiger partial charge in [0.15, 0.2) is 0 Å². The number of hydrogen-bond acceptors (Lipinski definition) is 0. The Hall–Kier alpha value is -2.07. The minimum absolute atomic E-state index is 0.0511. The van der Waals surface area contributed by atoms with Gasteiger partial charge in [0, 0.05) is 12.5 Å². The summed E-state index contributed by atoms with van der Waals surface area (Å²) in [5.74, 6) is 0. The molecule has 0 spiro atoms. The Balaban J connectivity index is 2.31. The second-order valence-corrected chi connectivity index (χ2v) is 3.79. The van der Waals surface area contributed by atoms with Crippen LogP contribution in [0.15, 0.2) is 54.6 Å². The molecule has 0 N–H and O–H groups in total. The highest BCUT2D eigenvalue weighted by Crippen LogP contribution is 2.22. The van der Waals surface area contributed by atoms with E-state index >= 15 is 0 Å². The zero-order valence-electron chi connectivity index (χ0n) is 9.22. The van der Waals surface area contributed by atoms with E-state index in [4.69, 9.17) is 6.57 Å². The fourth-order valence-electron chi connectivity index (χ4n) is 1.66. The molecule has 0 amide bonds. The smallest absolute Gasteiger partial charge is 0.245 e. The fraction of sp³-hybridized carbons (Fsp3) is 0.133. The third-order valence-electron chi connectivity index (χ3n) is 2.69. The lowest BCUT2D eigenvalue weighted by atomic mass is 10.0. The Labute approximate surface area is 96.2 Å². The maximum Gasteiger partial charge on any atom is 0.245 e. The average Bonchev–Trinajstić information content (AvgIpc) is 2.39. The van der Waals surface area contributed by atoms with Crippen LogP contribution in [-0.2, 0) is 0 Å². The molecule has 0 radical (unpaired) electrons. The summed E-state index contributed by atoms with van der Waals surface area (Å²) >= 11 is 0. The summed E-state index contributed by atoms with van der Waals surface area (Å²) in [5.41, 5.74) is 3.49. The van der Waals surface area contributed by atoms with Gasteiger partial charge in [0.1, 0.15) is 0 Å². The maximum absolute atomic E-state index is 6.99. The molecule has 0 aliphatic heterocycles. The van der Waals surface area contributed by atoms with Crippen LogP contribution in [0, 0.1) is 6.57 Å². The predicted molar refractivity (Wildman–Crippen MR) is 66.9 cm³/mol. The molecule has 0 saturated heterocycles. The number of rotatable bonds is 2. The molecule has 2 rings (SSSR count). The van der Waals surface area contributed by atoms with Gasteiger partial charge in [0.05, 0.1) is 0 Å². The molecule has 1 unspecified atom stereocenters. The molecule has 1 heteroatoms. The Morgan fingerprint density at radius 1 is 0.875 bits per heavy atom. The van der Waals surface area contributed by atoms with Crippen LogP contribution in [0.3, 0.4) is 0 Å². The molecule has 0 saturated carbocycles. The normalized spacial score (nSPS) is 11.8. The Morgan fingerprint density at radius 2 is 1.44 bits per heavy atom. The van der Waals surface area contributed by atoms with E-state index in [0.717, 1.165) is 5.56 Å². The van der Waals surface area contributed by atoms with Crippen LogP contribution < -0.4 is 0 Å². The summed E-state index contributed by atoms with van der Waals surface area (Å²) in [5, 5.41) is 0. The minimum Gasteiger partial charge on any atom is -0.309 e. The standard InChI is InChI=1S/C15H13N/c1-12(16-2)13-8-10-15(11-9-13)14-6-4-3-5-7-14/h3-12H,1H3. The molecular formula is C15H13N. The average molecular weight is 207 g/mol. The monoisotopic (exact) mass is 207 g/mol. The van der Waals surface area contributed by atoms with Gasteiger partial charge < -0.3 is 4.85 Å². The van der Waals surface area contributed by atoms with Crippen molar-refractivity contribution in [3.63, 3.8) is 0 Å². The molecule has 2 aromatic carbocycles. The van der Waals surface area contributed by atoms with Crippen LogP contribution in [0.5, 0.6) is 0 Å². The van der Waals surface area contributed by atoms with Crippen molar-refractivity contribution in [1.82, 2.24) is 0 Å². The van der Waals surface area contributed by atoms with Crippen molar-refractivity contribution in [3.05, 3.63) is 71.6 Å². The van der Waals surface area contributed by atoms with Crippen molar-refractivity contribution >= 4 is 0 Å². The zero-order valence-corrected chi connectivity index (χ0v) is 9.22. The maximum atomic E-state index is 6.99. The molecule has 1 atom stereocenters. The van der Waals surface area contributed by atoms with Gasteiger partial charge in [-0.05, 0) is 11.1 Å². The van der Waals surface area contributed by atoms with E-state index in [1.807, 2.05) is 37.3 Å². The van der Waals surface area contributed by atoms with Crippen LogP contribution in [0.4, 0.5) is 0 Å². The fourth-order valence-corrected chi connectivity index (χ4v) is 1.66. The second-order valence-electron chi connectivity index (χ2n) is 3.79. The third kappa shape index (κ3) is 2.12. The van der Waals surface area contributed by atoms with E-state index in [0.29, 0.717) is 0 Å². The van der Waals surface area contributed by atoms with Crippen LogP contribution in [0.1, 0.15) is 18.5 Å². The number of nitrogens with zero attached hydrogens (tertiary/aromatic N) is 1. The van der Waals surface area contributed by atoms with Gasteiger partial charge in [-0.3, -0.25) is 0 Å². The highest BCUT2D eigenvalue weighted by molar-refractivity contribution is 5.63. The first-order chi connectivity index (χ1) is 7.81. The van der Waals surface area contributed by atoms with Gasteiger partial charge in [-0.1, -0.05) is 54.6 Å². The van der Waals surface area contributed by atoms with Gasteiger partial charge in [-0.2, -0.15) is 0 Å². The Morgan fingerprint density at radius 3 is 2.00 bits per heavy atom. The first-order valence-corrected chi connectivity index (χ1v) is 5.33. The van der Waals surface area contributed by atoms with Crippen LogP contribution in [0.2, 0.25) is 0 Å². The molecule has 0 aromatic heterocycles. The van der Waals surface area contributed by atoms with Crippen LogP contribution >= 0.6 is 0 Å². The van der Waals surface area contributed by atoms with Gasteiger partial charge >= 0.3 is 0 Å². The Bertz CT molecular complexity index is 491. The molecule has 0 heterocycles. The summed E-state index contributed by atoms with van der Waals surface area (Å²) in [4.78, 5) is 3.51. The first-order valence-electron chi connectivity index (χ1n) is 5.33. The van der Waals surface area contributed by atoms with E-state index in [1.165, 1.54) is 11.1 Å². The quantitative estimate of drug-likeness (QED) is 0.645. The molecular weight excluding hydrogens is 194 g/mol. The number of hydrogen-bond donors (Lipinski definition) is 0. The molecule has 78 valence electrons. The van der Waals surface area contributed by atoms with Gasteiger partial charge in [0.25, 0.3) is 0 Å². The van der Waals surface area contributed by atoms with E-state index in [2.05, 4.69) is 29.1 Å². The molecule has 0 aliphatic carbocycles. The summed E-state index contributed by atoms with van der Waals surface area (Å²) in [7, 11) is 0. The van der Waals surface area contributed by atoms with E-state index in [9.17, 15) is 0 Å². The molecule has 0 bridgehead atoms. The van der Waals surface area contributed by atoms with Crippen molar-refractivity contribution in [1.29, 1.82) is 0 Å². The van der Waals surface area contributed by atoms with E-state index in [-0.39, 0.29) is 6.04 Å². The van der Waals surface area contributed by atoms with E-state index in [1.54, 1.807) is 0 Å². The highest BCUT2D eigenvalue weighted by atomic mass is 14.7. The van der Waals surface area contributed by atoms with Crippen molar-refractivity contribution < 1.29 is 0 Å². The topological polar surface area (TPSA) is 4.36 Å². The molecule has 16 heavy (non-hydrogen) atoms. The van der Waals surface area contributed by atoms with Crippen molar-refractivity contribution in [2.75, 3.05) is 0 Å². The van der Waals surface area contributed by atoms with E-state index < -0.39 is 0 Å². The molecule has 2 aromatic rings. The minimum atomic E-state index is -0.0511. The van der Waals surface area contributed by atoms with Crippen molar-refractivity contribution in [2.45, 2.75) is 13.0 Å². The van der Waals surface area contributed by atoms with Crippen LogP contribution in [0.25, 0.3) is 16.0 Å². The SMILES string of the molecule is [C-]#[N+]C(C)c1ccc(-c2ccccc2)cc1. The lowest BCUT2D eigenvalue weighted by Crippen LogP contribution is -1.86. The lowest BCUT2D eigenvalue weighted by Gasteiger charge is -2.03. The van der Waals surface area contributed by atoms with Crippen LogP contribution in [-0.4, -0.2) is 0 Å². The molecule has 0 fully saturated rings. The largest absolute Gasteiger partial charge is 0.309 e. The summed E-state index contributed by atoms with van der Waals surface area (Å²) in [6.07, 6.45) is 0. The summed E-state index contributed by atoms with van der Waals surface area (Å²) in [6, 6.07) is 18.4. The van der Waals surface area contributed by atoms with Crippen molar-refractivity contribution in [3.8, 4) is 11.1 Å². The molecule has 1 nitrogen and oxygen atoms in total. The van der Waals surface area contributed by atoms with Gasteiger partial charge in [0.2, 0.25) is 6.04 Å². The Kier molecular flexibility index (Phi) is 3.03. The van der Waals surface area contributed by atoms with Gasteiger partial charge in [-0.15, -0.1) is 0 Å². The predicted octanol–water partition coefficient (Wildman–Crippen LogP) is 4.33. The zero-order chi connectivity index (χ0) is 11.4. The molecule has 0 aliphatic rings. The first kappa shape index (κ1) is 10.4. The van der Waals surface area contributed by atoms with Gasteiger partial charge in [-0.25, -0.2) is 6.57 Å². The lowest BCUT2D eigenvalue weighted by molar-refractivity contribution is 0.962.